The molecule has 114 valence electrons. The van der Waals surface area contributed by atoms with Crippen molar-refractivity contribution in [2.75, 3.05) is 13.2 Å². The number of halogens is 1. The number of esters is 1. The van der Waals surface area contributed by atoms with Crippen LogP contribution in [0, 0.1) is 0 Å². The molecule has 0 aromatic heterocycles. The molecule has 0 atom stereocenters. The van der Waals surface area contributed by atoms with Crippen LogP contribution in [0.2, 0.25) is 0 Å². The molecule has 0 aliphatic heterocycles. The van der Waals surface area contributed by atoms with Crippen LogP contribution in [0.5, 0.6) is 0 Å². The second-order valence-corrected chi connectivity index (χ2v) is 5.61. The van der Waals surface area contributed by atoms with E-state index in [4.69, 9.17) is 9.47 Å². The Morgan fingerprint density at radius 1 is 1.00 bits per heavy atom. The minimum Gasteiger partial charge on any atom is -0.458 e. The molecular formula is C18H17BrO3. The zero-order chi connectivity index (χ0) is 15.6. The molecule has 0 amide bonds. The second-order valence-electron chi connectivity index (χ2n) is 4.59. The Balaban J connectivity index is 1.68. The van der Waals surface area contributed by atoms with Crippen LogP contribution in [0.15, 0.2) is 71.2 Å². The van der Waals surface area contributed by atoms with Crippen LogP contribution in [0.25, 0.3) is 0 Å². The van der Waals surface area contributed by atoms with Gasteiger partial charge in [0.1, 0.15) is 6.61 Å². The van der Waals surface area contributed by atoms with Crippen molar-refractivity contribution in [1.82, 2.24) is 0 Å². The SMILES string of the molecule is O=C(OC/C=C(\Br)COCc1ccccc1)c1ccccc1. The van der Waals surface area contributed by atoms with Gasteiger partial charge < -0.3 is 9.47 Å². The fraction of sp³-hybridized carbons (Fsp3) is 0.167. The van der Waals surface area contributed by atoms with E-state index in [2.05, 4.69) is 15.9 Å². The molecule has 0 unspecified atom stereocenters. The van der Waals surface area contributed by atoms with Gasteiger partial charge in [-0.05, 0) is 23.8 Å². The number of ether oxygens (including phenoxy) is 2. The molecule has 0 N–H and O–H groups in total. The number of carbonyl (C=O) groups excluding carboxylic acids is 1. The molecule has 2 rings (SSSR count). The van der Waals surface area contributed by atoms with Crippen LogP contribution in [-0.2, 0) is 16.1 Å². The van der Waals surface area contributed by atoms with Gasteiger partial charge in [0.25, 0.3) is 0 Å². The highest BCUT2D eigenvalue weighted by Gasteiger charge is 2.04. The normalized spacial score (nSPS) is 11.2. The molecule has 0 heterocycles. The third-order valence-corrected chi connectivity index (χ3v) is 3.43. The molecule has 0 spiro atoms. The van der Waals surface area contributed by atoms with E-state index >= 15 is 0 Å². The first-order valence-electron chi connectivity index (χ1n) is 6.94. The van der Waals surface area contributed by atoms with Gasteiger partial charge in [-0.2, -0.15) is 0 Å². The molecule has 0 aliphatic carbocycles. The van der Waals surface area contributed by atoms with Gasteiger partial charge in [-0.1, -0.05) is 64.5 Å². The topological polar surface area (TPSA) is 35.5 Å². The molecule has 0 radical (unpaired) electrons. The zero-order valence-corrected chi connectivity index (χ0v) is 13.7. The third-order valence-electron chi connectivity index (χ3n) is 2.88. The van der Waals surface area contributed by atoms with E-state index in [0.29, 0.717) is 18.8 Å². The quantitative estimate of drug-likeness (QED) is 0.689. The lowest BCUT2D eigenvalue weighted by atomic mass is 10.2. The molecule has 2 aromatic carbocycles. The molecule has 22 heavy (non-hydrogen) atoms. The van der Waals surface area contributed by atoms with Gasteiger partial charge in [-0.15, -0.1) is 0 Å². The van der Waals surface area contributed by atoms with E-state index < -0.39 is 0 Å². The molecule has 4 heteroatoms. The molecule has 0 saturated carbocycles. The van der Waals surface area contributed by atoms with E-state index in [1.807, 2.05) is 36.4 Å². The summed E-state index contributed by atoms with van der Waals surface area (Å²) in [5.41, 5.74) is 1.67. The van der Waals surface area contributed by atoms with Crippen molar-refractivity contribution in [2.24, 2.45) is 0 Å². The first kappa shape index (κ1) is 16.5. The maximum atomic E-state index is 11.7. The number of hydrogen-bond acceptors (Lipinski definition) is 3. The Bertz CT molecular complexity index is 609. The Morgan fingerprint density at radius 3 is 2.32 bits per heavy atom. The highest BCUT2D eigenvalue weighted by molar-refractivity contribution is 9.11. The number of carbonyl (C=O) groups is 1. The smallest absolute Gasteiger partial charge is 0.338 e. The number of benzene rings is 2. The molecule has 2 aromatic rings. The summed E-state index contributed by atoms with van der Waals surface area (Å²) in [6.45, 7) is 1.20. The summed E-state index contributed by atoms with van der Waals surface area (Å²) in [4.78, 5) is 11.7. The fourth-order valence-electron chi connectivity index (χ4n) is 1.76. The van der Waals surface area contributed by atoms with E-state index in [0.717, 1.165) is 10.0 Å². The standard InChI is InChI=1S/C18H17BrO3/c19-17(14-21-13-15-7-3-1-4-8-15)11-12-22-18(20)16-9-5-2-6-10-16/h1-11H,12-14H2/b17-11-. The Labute approximate surface area is 138 Å². The van der Waals surface area contributed by atoms with Crippen molar-refractivity contribution in [1.29, 1.82) is 0 Å². The van der Waals surface area contributed by atoms with Crippen LogP contribution in [-0.4, -0.2) is 19.2 Å². The molecule has 0 fully saturated rings. The van der Waals surface area contributed by atoms with Crippen molar-refractivity contribution < 1.29 is 14.3 Å². The van der Waals surface area contributed by atoms with Crippen molar-refractivity contribution in [3.8, 4) is 0 Å². The summed E-state index contributed by atoms with van der Waals surface area (Å²) < 4.78 is 11.6. The van der Waals surface area contributed by atoms with Gasteiger partial charge >= 0.3 is 5.97 Å². The monoisotopic (exact) mass is 360 g/mol. The predicted octanol–water partition coefficient (Wildman–Crippen LogP) is 4.34. The number of rotatable bonds is 7. The summed E-state index contributed by atoms with van der Waals surface area (Å²) in [5, 5.41) is 0. The van der Waals surface area contributed by atoms with Crippen LogP contribution < -0.4 is 0 Å². The van der Waals surface area contributed by atoms with Crippen molar-refractivity contribution >= 4 is 21.9 Å². The predicted molar refractivity (Wildman–Crippen MR) is 89.8 cm³/mol. The van der Waals surface area contributed by atoms with E-state index in [1.165, 1.54) is 0 Å². The summed E-state index contributed by atoms with van der Waals surface area (Å²) in [6, 6.07) is 18.9. The average Bonchev–Trinajstić information content (AvgIpc) is 2.56. The third kappa shape index (κ3) is 5.84. The lowest BCUT2D eigenvalue weighted by molar-refractivity contribution is 0.0548. The summed E-state index contributed by atoms with van der Waals surface area (Å²) in [6.07, 6.45) is 1.78. The zero-order valence-electron chi connectivity index (χ0n) is 12.1. The maximum absolute atomic E-state index is 11.7. The number of hydrogen-bond donors (Lipinski definition) is 0. The lowest BCUT2D eigenvalue weighted by Crippen LogP contribution is -2.05. The Morgan fingerprint density at radius 2 is 1.64 bits per heavy atom. The van der Waals surface area contributed by atoms with Crippen LogP contribution in [0.4, 0.5) is 0 Å². The first-order chi connectivity index (χ1) is 10.8. The van der Waals surface area contributed by atoms with Crippen molar-refractivity contribution in [3.63, 3.8) is 0 Å². The second kappa shape index (κ2) is 9.18. The molecule has 3 nitrogen and oxygen atoms in total. The Kier molecular flexibility index (Phi) is 6.87. The summed E-state index contributed by atoms with van der Waals surface area (Å²) in [7, 11) is 0. The minimum atomic E-state index is -0.331. The van der Waals surface area contributed by atoms with Crippen LogP contribution in [0.3, 0.4) is 0 Å². The average molecular weight is 361 g/mol. The van der Waals surface area contributed by atoms with Gasteiger partial charge in [0, 0.05) is 4.48 Å². The van der Waals surface area contributed by atoms with Crippen LogP contribution >= 0.6 is 15.9 Å². The van der Waals surface area contributed by atoms with Crippen molar-refractivity contribution in [3.05, 3.63) is 82.3 Å². The highest BCUT2D eigenvalue weighted by Crippen LogP contribution is 2.08. The van der Waals surface area contributed by atoms with E-state index in [-0.39, 0.29) is 12.6 Å². The summed E-state index contributed by atoms with van der Waals surface area (Å²) >= 11 is 3.40. The van der Waals surface area contributed by atoms with E-state index in [9.17, 15) is 4.79 Å². The van der Waals surface area contributed by atoms with E-state index in [1.54, 1.807) is 30.3 Å². The first-order valence-corrected chi connectivity index (χ1v) is 7.73. The minimum absolute atomic E-state index is 0.211. The van der Waals surface area contributed by atoms with Gasteiger partial charge in [0.15, 0.2) is 0 Å². The molecular weight excluding hydrogens is 344 g/mol. The van der Waals surface area contributed by atoms with Gasteiger partial charge in [-0.25, -0.2) is 4.79 Å². The lowest BCUT2D eigenvalue weighted by Gasteiger charge is -2.05. The van der Waals surface area contributed by atoms with Gasteiger partial charge in [-0.3, -0.25) is 0 Å². The maximum Gasteiger partial charge on any atom is 0.338 e. The Hall–Kier alpha value is -1.91. The largest absolute Gasteiger partial charge is 0.458 e. The fourth-order valence-corrected chi connectivity index (χ4v) is 2.06. The van der Waals surface area contributed by atoms with Crippen LogP contribution in [0.1, 0.15) is 15.9 Å². The highest BCUT2D eigenvalue weighted by atomic mass is 79.9. The van der Waals surface area contributed by atoms with Crippen molar-refractivity contribution in [2.45, 2.75) is 6.61 Å². The molecule has 0 saturated heterocycles. The molecule has 0 aliphatic rings. The molecule has 0 bridgehead atoms. The van der Waals surface area contributed by atoms with Gasteiger partial charge in [0.05, 0.1) is 18.8 Å². The summed E-state index contributed by atoms with van der Waals surface area (Å²) in [5.74, 6) is -0.331. The van der Waals surface area contributed by atoms with Gasteiger partial charge in [0.2, 0.25) is 0 Å².